The van der Waals surface area contributed by atoms with Gasteiger partial charge in [0.25, 0.3) is 5.91 Å². The molecule has 0 unspecified atom stereocenters. The zero-order chi connectivity index (χ0) is 20.9. The van der Waals surface area contributed by atoms with Crippen LogP contribution in [0.2, 0.25) is 0 Å². The maximum atomic E-state index is 12.0. The van der Waals surface area contributed by atoms with E-state index in [0.29, 0.717) is 17.1 Å². The van der Waals surface area contributed by atoms with E-state index in [4.69, 9.17) is 11.5 Å². The lowest BCUT2D eigenvalue weighted by Crippen LogP contribution is -2.42. The summed E-state index contributed by atoms with van der Waals surface area (Å²) in [6.07, 6.45) is 7.86. The summed E-state index contributed by atoms with van der Waals surface area (Å²) in [6.45, 7) is 0. The van der Waals surface area contributed by atoms with Crippen molar-refractivity contribution in [3.63, 3.8) is 0 Å². The summed E-state index contributed by atoms with van der Waals surface area (Å²) in [7, 11) is 0. The third kappa shape index (κ3) is 4.58. The molecule has 0 saturated heterocycles. The number of hydrogen-bond donors (Lipinski definition) is 4. The summed E-state index contributed by atoms with van der Waals surface area (Å²) in [5, 5.41) is 6.77. The second-order valence-corrected chi connectivity index (χ2v) is 7.59. The lowest BCUT2D eigenvalue weighted by atomic mass is 9.91. The van der Waals surface area contributed by atoms with E-state index in [1.807, 2.05) is 42.5 Å². The van der Waals surface area contributed by atoms with Gasteiger partial charge in [0.2, 0.25) is 0 Å². The van der Waals surface area contributed by atoms with Crippen LogP contribution in [0.4, 0.5) is 17.2 Å². The highest BCUT2D eigenvalue weighted by atomic mass is 16.1. The van der Waals surface area contributed by atoms with Crippen LogP contribution in [0.5, 0.6) is 0 Å². The zero-order valence-electron chi connectivity index (χ0n) is 16.7. The van der Waals surface area contributed by atoms with E-state index < -0.39 is 5.91 Å². The van der Waals surface area contributed by atoms with Gasteiger partial charge in [-0.1, -0.05) is 18.9 Å². The molecule has 0 radical (unpaired) electrons. The first-order valence-corrected chi connectivity index (χ1v) is 10.2. The van der Waals surface area contributed by atoms with Crippen molar-refractivity contribution >= 4 is 23.1 Å². The predicted molar refractivity (Wildman–Crippen MR) is 120 cm³/mol. The van der Waals surface area contributed by atoms with Gasteiger partial charge in [0.1, 0.15) is 5.82 Å². The van der Waals surface area contributed by atoms with Crippen molar-refractivity contribution < 1.29 is 4.79 Å². The summed E-state index contributed by atoms with van der Waals surface area (Å²) in [5.41, 5.74) is 15.6. The number of pyridine rings is 2. The van der Waals surface area contributed by atoms with E-state index in [2.05, 4.69) is 20.6 Å². The molecule has 2 heterocycles. The lowest BCUT2D eigenvalue weighted by Gasteiger charge is -2.30. The lowest BCUT2D eigenvalue weighted by molar-refractivity contribution is 0.100. The average Bonchev–Trinajstić information content (AvgIpc) is 2.76. The van der Waals surface area contributed by atoms with Gasteiger partial charge in [0.05, 0.1) is 16.9 Å². The molecule has 2 aromatic heterocycles. The number of benzene rings is 1. The first-order chi connectivity index (χ1) is 14.6. The van der Waals surface area contributed by atoms with Crippen LogP contribution in [0.1, 0.15) is 36.0 Å². The number of nitrogens with one attached hydrogen (secondary N) is 2. The molecule has 7 heteroatoms. The number of nitrogens with two attached hydrogens (primary N) is 2. The Kier molecular flexibility index (Phi) is 5.90. The van der Waals surface area contributed by atoms with Crippen molar-refractivity contribution in [2.24, 2.45) is 11.5 Å². The van der Waals surface area contributed by atoms with Crippen LogP contribution < -0.4 is 22.1 Å². The number of anilines is 3. The van der Waals surface area contributed by atoms with E-state index in [1.165, 1.54) is 12.8 Å². The van der Waals surface area contributed by atoms with Crippen molar-refractivity contribution in [1.29, 1.82) is 0 Å². The van der Waals surface area contributed by atoms with Gasteiger partial charge < -0.3 is 22.1 Å². The Bertz CT molecular complexity index is 1020. The van der Waals surface area contributed by atoms with Crippen molar-refractivity contribution in [1.82, 2.24) is 9.97 Å². The minimum atomic E-state index is -0.497. The predicted octanol–water partition coefficient (Wildman–Crippen LogP) is 3.67. The highest BCUT2D eigenvalue weighted by molar-refractivity contribution is 5.99. The zero-order valence-corrected chi connectivity index (χ0v) is 16.7. The molecule has 7 nitrogen and oxygen atoms in total. The van der Waals surface area contributed by atoms with Gasteiger partial charge in [-0.2, -0.15) is 0 Å². The van der Waals surface area contributed by atoms with Gasteiger partial charge in [0.15, 0.2) is 0 Å². The Hall–Kier alpha value is -3.45. The summed E-state index contributed by atoms with van der Waals surface area (Å²) >= 11 is 0. The third-order valence-electron chi connectivity index (χ3n) is 5.44. The van der Waals surface area contributed by atoms with Crippen LogP contribution in [0.25, 0.3) is 11.3 Å². The molecule has 0 spiro atoms. The Morgan fingerprint density at radius 1 is 1.03 bits per heavy atom. The number of amides is 1. The Balaban J connectivity index is 1.60. The number of nitrogens with zero attached hydrogens (tertiary/aromatic N) is 2. The van der Waals surface area contributed by atoms with Crippen molar-refractivity contribution in [2.75, 3.05) is 10.6 Å². The molecule has 1 amide bonds. The number of hydrogen-bond acceptors (Lipinski definition) is 6. The van der Waals surface area contributed by atoms with Crippen molar-refractivity contribution in [2.45, 2.75) is 37.8 Å². The number of carbonyl (C=O) groups excluding carboxylic acids is 1. The molecule has 3 aromatic rings. The molecular formula is C23H26N6O. The fourth-order valence-corrected chi connectivity index (χ4v) is 3.83. The third-order valence-corrected chi connectivity index (χ3v) is 5.44. The van der Waals surface area contributed by atoms with E-state index in [0.717, 1.165) is 29.8 Å². The maximum absolute atomic E-state index is 12.0. The molecule has 4 rings (SSSR count). The van der Waals surface area contributed by atoms with Crippen LogP contribution in [0, 0.1) is 0 Å². The van der Waals surface area contributed by atoms with Gasteiger partial charge >= 0.3 is 0 Å². The molecule has 30 heavy (non-hydrogen) atoms. The second-order valence-electron chi connectivity index (χ2n) is 7.59. The van der Waals surface area contributed by atoms with E-state index >= 15 is 0 Å². The standard InChI is InChI=1S/C23H26N6O/c24-18-4-1-2-5-20(18)27-16-8-9-17(23(25)30)21(14-16)29-22-7-3-6-19(28-22)15-10-12-26-13-11-15/h3,6-14,18,20,27H,1-2,4-5,24H2,(H2,25,30)(H,28,29)/t18-,20+/m0/s1. The molecule has 1 aromatic carbocycles. The summed E-state index contributed by atoms with van der Waals surface area (Å²) in [4.78, 5) is 20.7. The number of carbonyl (C=O) groups is 1. The minimum Gasteiger partial charge on any atom is -0.381 e. The maximum Gasteiger partial charge on any atom is 0.250 e. The quantitative estimate of drug-likeness (QED) is 0.499. The molecule has 1 fully saturated rings. The van der Waals surface area contributed by atoms with Gasteiger partial charge in [0, 0.05) is 35.7 Å². The molecule has 0 bridgehead atoms. The molecule has 6 N–H and O–H groups in total. The van der Waals surface area contributed by atoms with Gasteiger partial charge in [-0.3, -0.25) is 9.78 Å². The van der Waals surface area contributed by atoms with Crippen LogP contribution in [0.15, 0.2) is 60.9 Å². The molecule has 154 valence electrons. The molecule has 2 atom stereocenters. The Morgan fingerprint density at radius 3 is 2.60 bits per heavy atom. The first-order valence-electron chi connectivity index (χ1n) is 10.2. The van der Waals surface area contributed by atoms with Crippen molar-refractivity contribution in [3.05, 3.63) is 66.5 Å². The Labute approximate surface area is 175 Å². The van der Waals surface area contributed by atoms with Crippen LogP contribution in [-0.2, 0) is 0 Å². The Morgan fingerprint density at radius 2 is 1.83 bits per heavy atom. The highest BCUT2D eigenvalue weighted by Crippen LogP contribution is 2.28. The molecule has 1 aliphatic rings. The average molecular weight is 403 g/mol. The van der Waals surface area contributed by atoms with Gasteiger partial charge in [-0.05, 0) is 55.3 Å². The topological polar surface area (TPSA) is 119 Å². The minimum absolute atomic E-state index is 0.129. The summed E-state index contributed by atoms with van der Waals surface area (Å²) in [6, 6.07) is 15.3. The summed E-state index contributed by atoms with van der Waals surface area (Å²) in [5.74, 6) is 0.127. The van der Waals surface area contributed by atoms with Gasteiger partial charge in [-0.25, -0.2) is 4.98 Å². The first kappa shape index (κ1) is 19.8. The van der Waals surface area contributed by atoms with Crippen LogP contribution in [-0.4, -0.2) is 28.0 Å². The fourth-order valence-electron chi connectivity index (χ4n) is 3.83. The van der Waals surface area contributed by atoms with E-state index in [-0.39, 0.29) is 12.1 Å². The largest absolute Gasteiger partial charge is 0.381 e. The number of rotatable bonds is 6. The monoisotopic (exact) mass is 402 g/mol. The second kappa shape index (κ2) is 8.92. The molecular weight excluding hydrogens is 376 g/mol. The number of aromatic nitrogens is 2. The molecule has 1 aliphatic carbocycles. The SMILES string of the molecule is NC(=O)c1ccc(N[C@@H]2CCCC[C@@H]2N)cc1Nc1cccc(-c2ccncc2)n1. The normalized spacial score (nSPS) is 18.6. The van der Waals surface area contributed by atoms with Gasteiger partial charge in [-0.15, -0.1) is 0 Å². The van der Waals surface area contributed by atoms with Crippen molar-refractivity contribution in [3.8, 4) is 11.3 Å². The fraction of sp³-hybridized carbons (Fsp3) is 0.261. The van der Waals surface area contributed by atoms with Crippen LogP contribution >= 0.6 is 0 Å². The highest BCUT2D eigenvalue weighted by Gasteiger charge is 2.22. The van der Waals surface area contributed by atoms with E-state index in [9.17, 15) is 4.79 Å². The number of primary amides is 1. The van der Waals surface area contributed by atoms with Crippen LogP contribution in [0.3, 0.4) is 0 Å². The van der Waals surface area contributed by atoms with E-state index in [1.54, 1.807) is 18.5 Å². The molecule has 0 aliphatic heterocycles. The molecule has 1 saturated carbocycles. The summed E-state index contributed by atoms with van der Waals surface area (Å²) < 4.78 is 0. The smallest absolute Gasteiger partial charge is 0.250 e.